The molecule has 0 saturated carbocycles. The van der Waals surface area contributed by atoms with Gasteiger partial charge in [-0.1, -0.05) is 0 Å². The summed E-state index contributed by atoms with van der Waals surface area (Å²) in [4.78, 5) is 99.6. The van der Waals surface area contributed by atoms with Crippen LogP contribution in [0.25, 0.3) is 0 Å². The lowest BCUT2D eigenvalue weighted by molar-refractivity contribution is -0.117. The van der Waals surface area contributed by atoms with Gasteiger partial charge in [-0.15, -0.1) is 0 Å². The van der Waals surface area contributed by atoms with E-state index in [1.54, 1.807) is 102 Å². The fraction of sp³-hybridized carbons (Fsp3) is 0.388. The molecule has 2 aliphatic rings. The largest absolute Gasteiger partial charge is 0.493 e. The highest BCUT2D eigenvalue weighted by molar-refractivity contribution is 6.07. The number of rotatable bonds is 21. The van der Waals surface area contributed by atoms with Gasteiger partial charge in [0, 0.05) is 97.7 Å². The molecule has 22 heteroatoms. The number of nitrogens with zero attached hydrogens (tertiary/aromatic N) is 7. The topological polar surface area (TPSA) is 249 Å². The van der Waals surface area contributed by atoms with Gasteiger partial charge in [0.2, 0.25) is 11.8 Å². The molecule has 7 rings (SSSR count). The third kappa shape index (κ3) is 12.6. The average Bonchev–Trinajstić information content (AvgIpc) is 4.16. The molecular weight excluding hydrogens is 915 g/mol. The normalized spacial score (nSPS) is 13.8. The van der Waals surface area contributed by atoms with Crippen molar-refractivity contribution in [3.05, 3.63) is 89.5 Å². The minimum Gasteiger partial charge on any atom is -0.493 e. The van der Waals surface area contributed by atoms with Crippen molar-refractivity contribution < 1.29 is 43.0 Å². The smallest absolute Gasteiger partial charge is 0.272 e. The number of carbonyl (C=O) groups is 7. The first-order valence-electron chi connectivity index (χ1n) is 23.3. The molecule has 6 heterocycles. The summed E-state index contributed by atoms with van der Waals surface area (Å²) >= 11 is 0. The molecule has 5 aromatic rings. The summed E-state index contributed by atoms with van der Waals surface area (Å²) in [6.07, 6.45) is 11.3. The van der Waals surface area contributed by atoms with Gasteiger partial charge in [-0.05, 0) is 76.7 Å². The van der Waals surface area contributed by atoms with Crippen LogP contribution in [0.5, 0.6) is 11.5 Å². The second-order valence-electron chi connectivity index (χ2n) is 17.8. The van der Waals surface area contributed by atoms with Gasteiger partial charge < -0.3 is 69.4 Å². The lowest BCUT2D eigenvalue weighted by atomic mass is 10.1. The van der Waals surface area contributed by atoms with Gasteiger partial charge in [0.05, 0.1) is 53.8 Å². The van der Waals surface area contributed by atoms with Crippen LogP contribution in [0.1, 0.15) is 90.8 Å². The Balaban J connectivity index is 0.826. The van der Waals surface area contributed by atoms with Crippen LogP contribution in [-0.4, -0.2) is 136 Å². The monoisotopic (exact) mass is 975 g/mol. The van der Waals surface area contributed by atoms with Crippen molar-refractivity contribution in [1.82, 2.24) is 38.7 Å². The summed E-state index contributed by atoms with van der Waals surface area (Å²) in [5, 5.41) is 16.8. The van der Waals surface area contributed by atoms with E-state index < -0.39 is 23.6 Å². The molecule has 0 radical (unpaired) electrons. The summed E-state index contributed by atoms with van der Waals surface area (Å²) in [5.74, 6) is -1.57. The van der Waals surface area contributed by atoms with Crippen molar-refractivity contribution in [3.63, 3.8) is 0 Å². The van der Waals surface area contributed by atoms with Crippen LogP contribution < -0.4 is 41.4 Å². The van der Waals surface area contributed by atoms with Crippen molar-refractivity contribution in [1.29, 1.82) is 0 Å². The number of aliphatic imine (C=N–C) groups is 1. The van der Waals surface area contributed by atoms with Crippen LogP contribution in [0.3, 0.4) is 0 Å². The zero-order valence-electron chi connectivity index (χ0n) is 41.0. The number of aryl methyl sites for hydroxylation is 4. The molecule has 1 aromatic carbocycles. The Morgan fingerprint density at radius 1 is 0.648 bits per heavy atom. The molecule has 0 aliphatic carbocycles. The van der Waals surface area contributed by atoms with Crippen LogP contribution in [0, 0.1) is 0 Å². The Morgan fingerprint density at radius 2 is 1.15 bits per heavy atom. The Morgan fingerprint density at radius 3 is 1.69 bits per heavy atom. The predicted octanol–water partition coefficient (Wildman–Crippen LogP) is 4.11. The van der Waals surface area contributed by atoms with Gasteiger partial charge in [-0.2, -0.15) is 0 Å². The molecule has 0 bridgehead atoms. The number of fused-ring (bicyclic) bond motifs is 2. The number of hydrogen-bond acceptors (Lipinski definition) is 11. The third-order valence-electron chi connectivity index (χ3n) is 12.0. The zero-order valence-corrected chi connectivity index (χ0v) is 41.0. The van der Waals surface area contributed by atoms with Crippen LogP contribution >= 0.6 is 0 Å². The first-order chi connectivity index (χ1) is 34.0. The van der Waals surface area contributed by atoms with Crippen LogP contribution in [0.15, 0.2) is 66.2 Å². The van der Waals surface area contributed by atoms with Gasteiger partial charge >= 0.3 is 0 Å². The number of nitrogens with one attached hydrogen (secondary N) is 6. The Bertz CT molecular complexity index is 2870. The van der Waals surface area contributed by atoms with Crippen molar-refractivity contribution in [2.45, 2.75) is 44.6 Å². The molecule has 0 unspecified atom stereocenters. The highest BCUT2D eigenvalue weighted by atomic mass is 16.5. The number of ether oxygens (including phenoxy) is 2. The zero-order chi connectivity index (χ0) is 50.9. The van der Waals surface area contributed by atoms with Gasteiger partial charge in [0.1, 0.15) is 22.8 Å². The molecular formula is C49H61N13O9. The maximum atomic E-state index is 13.3. The van der Waals surface area contributed by atoms with E-state index in [1.807, 2.05) is 23.9 Å². The molecule has 7 amide bonds. The molecule has 2 aliphatic heterocycles. The van der Waals surface area contributed by atoms with E-state index >= 15 is 0 Å². The van der Waals surface area contributed by atoms with Crippen molar-refractivity contribution in [2.24, 2.45) is 33.2 Å². The van der Waals surface area contributed by atoms with E-state index in [4.69, 9.17) is 9.47 Å². The molecule has 1 fully saturated rings. The van der Waals surface area contributed by atoms with Gasteiger partial charge in [-0.25, -0.2) is 0 Å². The first-order valence-corrected chi connectivity index (χ1v) is 23.3. The quantitative estimate of drug-likeness (QED) is 0.0575. The Hall–Kier alpha value is -8.14. The maximum Gasteiger partial charge on any atom is 0.272 e. The number of hydrogen-bond donors (Lipinski definition) is 6. The molecule has 22 nitrogen and oxygen atoms in total. The second kappa shape index (κ2) is 22.5. The standard InChI is InChI=1S/C49H61N13O9/c1-57(2)16-10-14-50-45(65)37-21-32(28-58(37)3)55-48(68)40-20-31(27-61(40)6)54-44(64)13-15-51-46(66)38-22-33(29-59(38)4)56-47(67)39-19-30(26-60(39)5)53-43(63)12-9-18-71-42-24-36-35(23-41(42)70-7)49(69)62-17-8-11-34(62)25-52-36/h19-29,34H,8-18H2,1-7H3,(H,50,65)(H,51,66)(H,53,63)(H,54,64)(H,55,68)(H,56,67)/t34-/m0/s1. The van der Waals surface area contributed by atoms with Crippen LogP contribution in [0.4, 0.5) is 28.4 Å². The number of aromatic nitrogens is 4. The van der Waals surface area contributed by atoms with E-state index in [-0.39, 0.29) is 66.8 Å². The molecule has 6 N–H and O–H groups in total. The lowest BCUT2D eigenvalue weighted by Gasteiger charge is -2.20. The average molecular weight is 976 g/mol. The summed E-state index contributed by atoms with van der Waals surface area (Å²) < 4.78 is 17.8. The predicted molar refractivity (Wildman–Crippen MR) is 267 cm³/mol. The highest BCUT2D eigenvalue weighted by Crippen LogP contribution is 2.38. The highest BCUT2D eigenvalue weighted by Gasteiger charge is 2.33. The summed E-state index contributed by atoms with van der Waals surface area (Å²) in [6.45, 7) is 2.25. The second-order valence-corrected chi connectivity index (χ2v) is 17.8. The molecule has 376 valence electrons. The Kier molecular flexibility index (Phi) is 16.1. The number of anilines is 4. The van der Waals surface area contributed by atoms with Crippen molar-refractivity contribution in [2.75, 3.05) is 75.3 Å². The molecule has 0 spiro atoms. The van der Waals surface area contributed by atoms with E-state index in [0.29, 0.717) is 70.7 Å². The van der Waals surface area contributed by atoms with Gasteiger partial charge in [0.15, 0.2) is 11.5 Å². The fourth-order valence-corrected chi connectivity index (χ4v) is 8.37. The Labute approximate surface area is 410 Å². The first kappa shape index (κ1) is 50.7. The van der Waals surface area contributed by atoms with Crippen molar-refractivity contribution in [3.8, 4) is 11.5 Å². The SMILES string of the molecule is COc1cc2c(cc1OCCCC(=O)Nc1cc(C(=O)Nc3cc(C(=O)NCCC(=O)Nc4cc(C(=O)Nc5cc(C(=O)NCCCN(C)C)n(C)c5)n(C)c4)n(C)c3)n(C)c1)N=C[C@@H]1CCCN1C2=O. The summed E-state index contributed by atoms with van der Waals surface area (Å²) in [7, 11) is 12.1. The van der Waals surface area contributed by atoms with Gasteiger partial charge in [-0.3, -0.25) is 38.6 Å². The van der Waals surface area contributed by atoms with E-state index in [9.17, 15) is 33.6 Å². The third-order valence-corrected chi connectivity index (χ3v) is 12.0. The summed E-state index contributed by atoms with van der Waals surface area (Å²) in [6, 6.07) is 9.49. The van der Waals surface area contributed by atoms with Crippen molar-refractivity contribution >= 4 is 76.0 Å². The lowest BCUT2D eigenvalue weighted by Crippen LogP contribution is -2.35. The molecule has 4 aromatic heterocycles. The van der Waals surface area contributed by atoms with Crippen LogP contribution in [-0.2, 0) is 37.8 Å². The maximum absolute atomic E-state index is 13.3. The molecule has 1 atom stereocenters. The van der Waals surface area contributed by atoms with Crippen LogP contribution in [0.2, 0.25) is 0 Å². The number of amides is 7. The van der Waals surface area contributed by atoms with E-state index in [2.05, 4.69) is 36.9 Å². The molecule has 71 heavy (non-hydrogen) atoms. The minimum atomic E-state index is -0.473. The van der Waals surface area contributed by atoms with Gasteiger partial charge in [0.25, 0.3) is 29.5 Å². The minimum absolute atomic E-state index is 0.00357. The van der Waals surface area contributed by atoms with E-state index in [0.717, 1.165) is 25.8 Å². The number of benzene rings is 1. The number of carbonyl (C=O) groups excluding carboxylic acids is 7. The summed E-state index contributed by atoms with van der Waals surface area (Å²) in [5.41, 5.74) is 3.71. The van der Waals surface area contributed by atoms with E-state index in [1.165, 1.54) is 19.2 Å². The molecule has 1 saturated heterocycles. The number of methoxy groups -OCH3 is 1. The fourth-order valence-electron chi connectivity index (χ4n) is 8.37.